The SMILES string of the molecule is CCCCC(CC)C(=O)N1CCNC(=O)CC1. The van der Waals surface area contributed by atoms with Crippen LogP contribution in [0, 0.1) is 5.92 Å². The first kappa shape index (κ1) is 14.0. The Morgan fingerprint density at radius 1 is 1.41 bits per heavy atom. The van der Waals surface area contributed by atoms with Crippen molar-refractivity contribution >= 4 is 11.8 Å². The zero-order valence-corrected chi connectivity index (χ0v) is 11.0. The van der Waals surface area contributed by atoms with Gasteiger partial charge in [-0.1, -0.05) is 26.7 Å². The van der Waals surface area contributed by atoms with E-state index in [1.165, 1.54) is 0 Å². The van der Waals surface area contributed by atoms with Crippen LogP contribution in [0.3, 0.4) is 0 Å². The Hall–Kier alpha value is -1.06. The van der Waals surface area contributed by atoms with Gasteiger partial charge in [-0.05, 0) is 12.8 Å². The summed E-state index contributed by atoms with van der Waals surface area (Å²) in [7, 11) is 0. The highest BCUT2D eigenvalue weighted by Crippen LogP contribution is 2.16. The number of carbonyl (C=O) groups excluding carboxylic acids is 2. The maximum atomic E-state index is 12.3. The molecule has 4 nitrogen and oxygen atoms in total. The van der Waals surface area contributed by atoms with Gasteiger partial charge in [-0.25, -0.2) is 0 Å². The number of rotatable bonds is 5. The Bertz CT molecular complexity index is 266. The van der Waals surface area contributed by atoms with Crippen LogP contribution in [0.4, 0.5) is 0 Å². The van der Waals surface area contributed by atoms with Crippen molar-refractivity contribution < 1.29 is 9.59 Å². The molecule has 0 aromatic rings. The van der Waals surface area contributed by atoms with Crippen LogP contribution in [0.15, 0.2) is 0 Å². The van der Waals surface area contributed by atoms with E-state index in [-0.39, 0.29) is 17.7 Å². The van der Waals surface area contributed by atoms with Gasteiger partial charge in [0.05, 0.1) is 0 Å². The van der Waals surface area contributed by atoms with Crippen molar-refractivity contribution in [2.45, 2.75) is 46.0 Å². The minimum Gasteiger partial charge on any atom is -0.354 e. The number of carbonyl (C=O) groups is 2. The molecule has 1 rings (SSSR count). The van der Waals surface area contributed by atoms with Crippen molar-refractivity contribution in [1.82, 2.24) is 10.2 Å². The zero-order valence-electron chi connectivity index (χ0n) is 11.0. The molecule has 2 amide bonds. The Morgan fingerprint density at radius 2 is 2.18 bits per heavy atom. The van der Waals surface area contributed by atoms with Crippen molar-refractivity contribution in [3.05, 3.63) is 0 Å². The molecule has 0 radical (unpaired) electrons. The summed E-state index contributed by atoms with van der Waals surface area (Å²) in [6, 6.07) is 0. The Kier molecular flexibility index (Phi) is 6.01. The summed E-state index contributed by atoms with van der Waals surface area (Å²) in [5, 5.41) is 2.80. The topological polar surface area (TPSA) is 49.4 Å². The largest absolute Gasteiger partial charge is 0.354 e. The fraction of sp³-hybridized carbons (Fsp3) is 0.846. The van der Waals surface area contributed by atoms with E-state index in [4.69, 9.17) is 0 Å². The predicted octanol–water partition coefficient (Wildman–Crippen LogP) is 1.55. The third-order valence-electron chi connectivity index (χ3n) is 3.37. The molecule has 4 heteroatoms. The molecule has 0 aromatic carbocycles. The van der Waals surface area contributed by atoms with E-state index in [1.54, 1.807) is 0 Å². The van der Waals surface area contributed by atoms with Gasteiger partial charge in [0.2, 0.25) is 11.8 Å². The maximum absolute atomic E-state index is 12.3. The summed E-state index contributed by atoms with van der Waals surface area (Å²) in [6.07, 6.45) is 4.55. The minimum atomic E-state index is 0.0573. The Balaban J connectivity index is 2.50. The lowest BCUT2D eigenvalue weighted by molar-refractivity contribution is -0.135. The molecule has 1 saturated heterocycles. The monoisotopic (exact) mass is 240 g/mol. The Morgan fingerprint density at radius 3 is 2.82 bits per heavy atom. The van der Waals surface area contributed by atoms with Crippen LogP contribution in [0.1, 0.15) is 46.0 Å². The molecular formula is C13H24N2O2. The highest BCUT2D eigenvalue weighted by Gasteiger charge is 2.24. The van der Waals surface area contributed by atoms with Crippen LogP contribution >= 0.6 is 0 Å². The normalized spacial score (nSPS) is 18.5. The minimum absolute atomic E-state index is 0.0573. The van der Waals surface area contributed by atoms with Crippen LogP contribution in [0.25, 0.3) is 0 Å². The number of nitrogens with one attached hydrogen (secondary N) is 1. The lowest BCUT2D eigenvalue weighted by atomic mass is 9.97. The summed E-state index contributed by atoms with van der Waals surface area (Å²) in [6.45, 7) is 6.04. The second kappa shape index (κ2) is 7.30. The van der Waals surface area contributed by atoms with Gasteiger partial charge < -0.3 is 10.2 Å². The molecule has 1 unspecified atom stereocenters. The van der Waals surface area contributed by atoms with E-state index in [2.05, 4.69) is 19.2 Å². The first-order chi connectivity index (χ1) is 8.19. The van der Waals surface area contributed by atoms with E-state index >= 15 is 0 Å². The van der Waals surface area contributed by atoms with Crippen LogP contribution < -0.4 is 5.32 Å². The third kappa shape index (κ3) is 4.36. The van der Waals surface area contributed by atoms with Crippen molar-refractivity contribution in [1.29, 1.82) is 0 Å². The number of unbranched alkanes of at least 4 members (excludes halogenated alkanes) is 1. The van der Waals surface area contributed by atoms with Crippen molar-refractivity contribution in [3.8, 4) is 0 Å². The zero-order chi connectivity index (χ0) is 12.7. The molecule has 1 atom stereocenters. The fourth-order valence-corrected chi connectivity index (χ4v) is 2.20. The highest BCUT2D eigenvalue weighted by molar-refractivity contribution is 5.81. The summed E-state index contributed by atoms with van der Waals surface area (Å²) in [5.74, 6) is 0.433. The Labute approximate surface area is 104 Å². The number of amides is 2. The number of nitrogens with zero attached hydrogens (tertiary/aromatic N) is 1. The molecule has 17 heavy (non-hydrogen) atoms. The molecule has 98 valence electrons. The lowest BCUT2D eigenvalue weighted by Gasteiger charge is -2.24. The van der Waals surface area contributed by atoms with Gasteiger partial charge in [0.25, 0.3) is 0 Å². The molecule has 1 heterocycles. The predicted molar refractivity (Wildman–Crippen MR) is 67.5 cm³/mol. The molecule has 0 aromatic heterocycles. The molecule has 0 aliphatic carbocycles. The average molecular weight is 240 g/mol. The van der Waals surface area contributed by atoms with Crippen molar-refractivity contribution in [3.63, 3.8) is 0 Å². The van der Waals surface area contributed by atoms with E-state index in [0.29, 0.717) is 26.1 Å². The second-order valence-corrected chi connectivity index (χ2v) is 4.67. The van der Waals surface area contributed by atoms with Gasteiger partial charge in [-0.2, -0.15) is 0 Å². The average Bonchev–Trinajstić information content (AvgIpc) is 2.55. The standard InChI is InChI=1S/C13H24N2O2/c1-3-5-6-11(4-2)13(17)15-9-7-12(16)14-8-10-15/h11H,3-10H2,1-2H3,(H,14,16). The molecular weight excluding hydrogens is 216 g/mol. The maximum Gasteiger partial charge on any atom is 0.225 e. The highest BCUT2D eigenvalue weighted by atomic mass is 16.2. The molecule has 1 N–H and O–H groups in total. The van der Waals surface area contributed by atoms with Crippen LogP contribution in [-0.4, -0.2) is 36.3 Å². The van der Waals surface area contributed by atoms with Crippen LogP contribution in [-0.2, 0) is 9.59 Å². The molecule has 0 spiro atoms. The second-order valence-electron chi connectivity index (χ2n) is 4.67. The van der Waals surface area contributed by atoms with Crippen molar-refractivity contribution in [2.75, 3.05) is 19.6 Å². The van der Waals surface area contributed by atoms with Crippen LogP contribution in [0.2, 0.25) is 0 Å². The summed E-state index contributed by atoms with van der Waals surface area (Å²) in [4.78, 5) is 25.3. The van der Waals surface area contributed by atoms with Gasteiger partial charge in [-0.15, -0.1) is 0 Å². The smallest absolute Gasteiger partial charge is 0.225 e. The van der Waals surface area contributed by atoms with Gasteiger partial charge in [0, 0.05) is 32.0 Å². The number of hydrogen-bond donors (Lipinski definition) is 1. The summed E-state index contributed by atoms with van der Waals surface area (Å²) in [5.41, 5.74) is 0. The van der Waals surface area contributed by atoms with Gasteiger partial charge in [0.15, 0.2) is 0 Å². The van der Waals surface area contributed by atoms with Gasteiger partial charge in [-0.3, -0.25) is 9.59 Å². The van der Waals surface area contributed by atoms with Gasteiger partial charge >= 0.3 is 0 Å². The fourth-order valence-electron chi connectivity index (χ4n) is 2.20. The van der Waals surface area contributed by atoms with Crippen molar-refractivity contribution in [2.24, 2.45) is 5.92 Å². The first-order valence-corrected chi connectivity index (χ1v) is 6.74. The summed E-state index contributed by atoms with van der Waals surface area (Å²) < 4.78 is 0. The quantitative estimate of drug-likeness (QED) is 0.792. The van der Waals surface area contributed by atoms with E-state index < -0.39 is 0 Å². The molecule has 1 aliphatic heterocycles. The number of hydrogen-bond acceptors (Lipinski definition) is 2. The molecule has 1 fully saturated rings. The van der Waals surface area contributed by atoms with Gasteiger partial charge in [0.1, 0.15) is 0 Å². The first-order valence-electron chi connectivity index (χ1n) is 6.74. The molecule has 0 saturated carbocycles. The van der Waals surface area contributed by atoms with E-state index in [9.17, 15) is 9.59 Å². The van der Waals surface area contributed by atoms with E-state index in [1.807, 2.05) is 4.90 Å². The van der Waals surface area contributed by atoms with Crippen LogP contribution in [0.5, 0.6) is 0 Å². The molecule has 1 aliphatic rings. The summed E-state index contributed by atoms with van der Waals surface area (Å²) >= 11 is 0. The molecule has 0 bridgehead atoms. The lowest BCUT2D eigenvalue weighted by Crippen LogP contribution is -2.38. The van der Waals surface area contributed by atoms with E-state index in [0.717, 1.165) is 25.7 Å². The third-order valence-corrected chi connectivity index (χ3v) is 3.37.